The number of fused-ring (bicyclic) bond motifs is 1. The lowest BCUT2D eigenvalue weighted by Crippen LogP contribution is -1.98. The summed E-state index contributed by atoms with van der Waals surface area (Å²) in [7, 11) is 0. The molecule has 136 valence electrons. The summed E-state index contributed by atoms with van der Waals surface area (Å²) in [5.41, 5.74) is 2.35. The molecule has 2 aromatic carbocycles. The van der Waals surface area contributed by atoms with Crippen LogP contribution in [0.1, 0.15) is 26.4 Å². The maximum atomic E-state index is 12.5. The third kappa shape index (κ3) is 3.61. The standard InChI is InChI=1S/C21H14Cl2O3S/c1-12-7-8-27-20(12)10-19-21(24)14-6-5-13(9-18(14)26-19)25-11-15-16(22)3-2-4-17(15)23/h2-10H,11H2,1H3/b19-10-. The first-order chi connectivity index (χ1) is 13.0. The molecule has 1 aliphatic rings. The lowest BCUT2D eigenvalue weighted by Gasteiger charge is -2.10. The van der Waals surface area contributed by atoms with Gasteiger partial charge in [0.2, 0.25) is 5.78 Å². The number of allylic oxidation sites excluding steroid dienone is 1. The van der Waals surface area contributed by atoms with Crippen molar-refractivity contribution in [3.8, 4) is 11.5 Å². The molecule has 1 aliphatic heterocycles. The first-order valence-electron chi connectivity index (χ1n) is 8.21. The Balaban J connectivity index is 1.54. The molecule has 4 rings (SSSR count). The Labute approximate surface area is 170 Å². The third-order valence-electron chi connectivity index (χ3n) is 4.25. The van der Waals surface area contributed by atoms with E-state index in [9.17, 15) is 4.79 Å². The lowest BCUT2D eigenvalue weighted by molar-refractivity contribution is 0.101. The summed E-state index contributed by atoms with van der Waals surface area (Å²) in [4.78, 5) is 13.6. The highest BCUT2D eigenvalue weighted by molar-refractivity contribution is 7.11. The SMILES string of the molecule is Cc1ccsc1/C=C1\Oc2cc(OCc3c(Cl)cccc3Cl)ccc2C1=O. The number of ether oxygens (including phenoxy) is 2. The molecule has 0 bridgehead atoms. The second-order valence-corrected chi connectivity index (χ2v) is 7.82. The minimum Gasteiger partial charge on any atom is -0.489 e. The number of Topliss-reactive ketones (excluding diaryl/α,β-unsaturated/α-hetero) is 1. The van der Waals surface area contributed by atoms with Crippen molar-refractivity contribution in [3.05, 3.63) is 85.2 Å². The van der Waals surface area contributed by atoms with Gasteiger partial charge in [0.1, 0.15) is 18.1 Å². The molecule has 0 radical (unpaired) electrons. The largest absolute Gasteiger partial charge is 0.489 e. The van der Waals surface area contributed by atoms with Gasteiger partial charge in [-0.3, -0.25) is 4.79 Å². The Morgan fingerprint density at radius 2 is 1.93 bits per heavy atom. The predicted octanol–water partition coefficient (Wildman–Crippen LogP) is 6.56. The normalized spacial score (nSPS) is 14.3. The van der Waals surface area contributed by atoms with Crippen LogP contribution in [0.15, 0.2) is 53.6 Å². The van der Waals surface area contributed by atoms with Crippen molar-refractivity contribution in [1.82, 2.24) is 0 Å². The van der Waals surface area contributed by atoms with Gasteiger partial charge in [-0.2, -0.15) is 0 Å². The summed E-state index contributed by atoms with van der Waals surface area (Å²) in [6.07, 6.45) is 1.78. The second kappa shape index (κ2) is 7.39. The highest BCUT2D eigenvalue weighted by atomic mass is 35.5. The first-order valence-corrected chi connectivity index (χ1v) is 9.84. The van der Waals surface area contributed by atoms with Crippen LogP contribution in [0.25, 0.3) is 6.08 Å². The van der Waals surface area contributed by atoms with Crippen LogP contribution < -0.4 is 9.47 Å². The number of aryl methyl sites for hydroxylation is 1. The molecule has 3 nitrogen and oxygen atoms in total. The molecule has 0 fully saturated rings. The zero-order valence-corrected chi connectivity index (χ0v) is 16.6. The minimum absolute atomic E-state index is 0.126. The van der Waals surface area contributed by atoms with Gasteiger partial charge in [-0.15, -0.1) is 11.3 Å². The molecule has 6 heteroatoms. The summed E-state index contributed by atoms with van der Waals surface area (Å²) < 4.78 is 11.6. The number of carbonyl (C=O) groups is 1. The van der Waals surface area contributed by atoms with E-state index in [4.69, 9.17) is 32.7 Å². The monoisotopic (exact) mass is 416 g/mol. The summed E-state index contributed by atoms with van der Waals surface area (Å²) >= 11 is 13.9. The number of carbonyl (C=O) groups excluding carboxylic acids is 1. The van der Waals surface area contributed by atoms with Crippen LogP contribution in [0, 0.1) is 6.92 Å². The van der Waals surface area contributed by atoms with Crippen molar-refractivity contribution in [1.29, 1.82) is 0 Å². The Morgan fingerprint density at radius 1 is 1.15 bits per heavy atom. The predicted molar refractivity (Wildman–Crippen MR) is 109 cm³/mol. The highest BCUT2D eigenvalue weighted by Crippen LogP contribution is 2.36. The Bertz CT molecular complexity index is 1050. The number of rotatable bonds is 4. The van der Waals surface area contributed by atoms with E-state index in [0.29, 0.717) is 38.4 Å². The van der Waals surface area contributed by atoms with Gasteiger partial charge >= 0.3 is 0 Å². The molecule has 0 saturated heterocycles. The van der Waals surface area contributed by atoms with Crippen LogP contribution in [0.2, 0.25) is 10.0 Å². The van der Waals surface area contributed by atoms with Crippen molar-refractivity contribution in [2.75, 3.05) is 0 Å². The first kappa shape index (κ1) is 18.1. The van der Waals surface area contributed by atoms with Crippen LogP contribution in [0.5, 0.6) is 11.5 Å². The Hall–Kier alpha value is -2.27. The number of hydrogen-bond acceptors (Lipinski definition) is 4. The van der Waals surface area contributed by atoms with Gasteiger partial charge in [0, 0.05) is 32.6 Å². The molecule has 27 heavy (non-hydrogen) atoms. The van der Waals surface area contributed by atoms with Crippen molar-refractivity contribution in [2.24, 2.45) is 0 Å². The molecule has 1 aromatic heterocycles. The topological polar surface area (TPSA) is 35.5 Å². The number of thiophene rings is 1. The van der Waals surface area contributed by atoms with Gasteiger partial charge in [-0.25, -0.2) is 0 Å². The molecule has 0 atom stereocenters. The van der Waals surface area contributed by atoms with Crippen molar-refractivity contribution < 1.29 is 14.3 Å². The molecule has 3 aromatic rings. The average Bonchev–Trinajstić information content (AvgIpc) is 3.18. The molecule has 0 saturated carbocycles. The van der Waals surface area contributed by atoms with Crippen LogP contribution >= 0.6 is 34.5 Å². The number of benzene rings is 2. The fourth-order valence-corrected chi connectivity index (χ4v) is 4.09. The van der Waals surface area contributed by atoms with E-state index in [-0.39, 0.29) is 12.4 Å². The van der Waals surface area contributed by atoms with Crippen molar-refractivity contribution in [2.45, 2.75) is 13.5 Å². The van der Waals surface area contributed by atoms with Gasteiger partial charge in [0.05, 0.1) is 5.56 Å². The molecular formula is C21H14Cl2O3S. The number of hydrogen-bond donors (Lipinski definition) is 0. The van der Waals surface area contributed by atoms with Crippen LogP contribution in [-0.2, 0) is 6.61 Å². The van der Waals surface area contributed by atoms with Gasteiger partial charge in [0.15, 0.2) is 5.76 Å². The molecule has 0 spiro atoms. The number of halogens is 2. The summed E-state index contributed by atoms with van der Waals surface area (Å²) in [6, 6.07) is 12.5. The molecule has 0 aliphatic carbocycles. The summed E-state index contributed by atoms with van der Waals surface area (Å²) in [5, 5.41) is 3.08. The molecule has 0 N–H and O–H groups in total. The highest BCUT2D eigenvalue weighted by Gasteiger charge is 2.28. The Morgan fingerprint density at radius 3 is 2.63 bits per heavy atom. The summed E-state index contributed by atoms with van der Waals surface area (Å²) in [6.45, 7) is 2.23. The number of ketones is 1. The van der Waals surface area contributed by atoms with E-state index in [1.54, 1.807) is 53.8 Å². The van der Waals surface area contributed by atoms with Crippen molar-refractivity contribution in [3.63, 3.8) is 0 Å². The minimum atomic E-state index is -0.126. The zero-order chi connectivity index (χ0) is 19.0. The maximum absolute atomic E-state index is 12.5. The van der Waals surface area contributed by atoms with Crippen LogP contribution in [0.3, 0.4) is 0 Å². The molecule has 0 amide bonds. The van der Waals surface area contributed by atoms with E-state index >= 15 is 0 Å². The van der Waals surface area contributed by atoms with Crippen LogP contribution in [0.4, 0.5) is 0 Å². The van der Waals surface area contributed by atoms with E-state index in [1.807, 2.05) is 18.4 Å². The van der Waals surface area contributed by atoms with Gasteiger partial charge < -0.3 is 9.47 Å². The van der Waals surface area contributed by atoms with Crippen LogP contribution in [-0.4, -0.2) is 5.78 Å². The van der Waals surface area contributed by atoms with E-state index < -0.39 is 0 Å². The molecular weight excluding hydrogens is 403 g/mol. The van der Waals surface area contributed by atoms with Gasteiger partial charge in [-0.05, 0) is 48.2 Å². The van der Waals surface area contributed by atoms with E-state index in [2.05, 4.69) is 0 Å². The van der Waals surface area contributed by atoms with Crippen molar-refractivity contribution >= 4 is 46.4 Å². The maximum Gasteiger partial charge on any atom is 0.232 e. The van der Waals surface area contributed by atoms with Gasteiger partial charge in [0.25, 0.3) is 0 Å². The van der Waals surface area contributed by atoms with E-state index in [0.717, 1.165) is 10.4 Å². The second-order valence-electron chi connectivity index (χ2n) is 6.05. The lowest BCUT2D eigenvalue weighted by atomic mass is 10.1. The van der Waals surface area contributed by atoms with Gasteiger partial charge in [-0.1, -0.05) is 29.3 Å². The average molecular weight is 417 g/mol. The fraction of sp³-hybridized carbons (Fsp3) is 0.0952. The van der Waals surface area contributed by atoms with E-state index in [1.165, 1.54) is 0 Å². The smallest absolute Gasteiger partial charge is 0.232 e. The summed E-state index contributed by atoms with van der Waals surface area (Å²) in [5.74, 6) is 1.26. The third-order valence-corrected chi connectivity index (χ3v) is 5.92. The zero-order valence-electron chi connectivity index (χ0n) is 14.3. The quantitative estimate of drug-likeness (QED) is 0.451. The molecule has 2 heterocycles. The molecule has 0 unspecified atom stereocenters. The fourth-order valence-electron chi connectivity index (χ4n) is 2.73. The Kier molecular flexibility index (Phi) is 4.96.